The fourth-order valence-corrected chi connectivity index (χ4v) is 1.34. The van der Waals surface area contributed by atoms with E-state index in [4.69, 9.17) is 0 Å². The predicted octanol–water partition coefficient (Wildman–Crippen LogP) is 3.33. The smallest absolute Gasteiger partial charge is 0.294 e. The van der Waals surface area contributed by atoms with Gasteiger partial charge in [-0.3, -0.25) is 9.78 Å². The van der Waals surface area contributed by atoms with Crippen molar-refractivity contribution in [1.82, 2.24) is 4.98 Å². The van der Waals surface area contributed by atoms with E-state index in [9.17, 15) is 18.0 Å². The SMILES string of the molecule is CC(C)CC(=O)c1ccncc1C(F)(F)F. The van der Waals surface area contributed by atoms with Crippen LogP contribution >= 0.6 is 0 Å². The summed E-state index contributed by atoms with van der Waals surface area (Å²) in [7, 11) is 0. The minimum atomic E-state index is -4.53. The number of Topliss-reactive ketones (excluding diaryl/α,β-unsaturated/α-hetero) is 1. The number of carbonyl (C=O) groups is 1. The zero-order valence-electron chi connectivity index (χ0n) is 9.01. The fourth-order valence-electron chi connectivity index (χ4n) is 1.34. The van der Waals surface area contributed by atoms with Crippen LogP contribution in [0.15, 0.2) is 18.5 Å². The average molecular weight is 231 g/mol. The van der Waals surface area contributed by atoms with Crippen LogP contribution in [0.4, 0.5) is 13.2 Å². The van der Waals surface area contributed by atoms with Crippen molar-refractivity contribution >= 4 is 5.78 Å². The van der Waals surface area contributed by atoms with Crippen molar-refractivity contribution in [3.8, 4) is 0 Å². The van der Waals surface area contributed by atoms with Crippen LogP contribution in [0, 0.1) is 5.92 Å². The summed E-state index contributed by atoms with van der Waals surface area (Å²) in [6.45, 7) is 3.57. The predicted molar refractivity (Wildman–Crippen MR) is 53.0 cm³/mol. The maximum Gasteiger partial charge on any atom is 0.418 e. The zero-order chi connectivity index (χ0) is 12.3. The van der Waals surface area contributed by atoms with Gasteiger partial charge in [0.05, 0.1) is 5.56 Å². The molecule has 5 heteroatoms. The molecular formula is C11H12F3NO. The van der Waals surface area contributed by atoms with E-state index >= 15 is 0 Å². The second-order valence-corrected chi connectivity index (χ2v) is 3.94. The summed E-state index contributed by atoms with van der Waals surface area (Å²) in [5.74, 6) is -0.466. The fraction of sp³-hybridized carbons (Fsp3) is 0.455. The van der Waals surface area contributed by atoms with E-state index in [2.05, 4.69) is 4.98 Å². The van der Waals surface area contributed by atoms with E-state index in [1.807, 2.05) is 0 Å². The third-order valence-corrected chi connectivity index (χ3v) is 2.02. The second-order valence-electron chi connectivity index (χ2n) is 3.94. The molecule has 0 saturated heterocycles. The van der Waals surface area contributed by atoms with Crippen LogP contribution in [-0.4, -0.2) is 10.8 Å². The molecule has 0 spiro atoms. The van der Waals surface area contributed by atoms with Gasteiger partial charge in [-0.2, -0.15) is 13.2 Å². The largest absolute Gasteiger partial charge is 0.418 e. The minimum absolute atomic E-state index is 0.0294. The van der Waals surface area contributed by atoms with Crippen molar-refractivity contribution in [3.05, 3.63) is 29.6 Å². The van der Waals surface area contributed by atoms with Crippen LogP contribution in [0.2, 0.25) is 0 Å². The van der Waals surface area contributed by atoms with Crippen molar-refractivity contribution < 1.29 is 18.0 Å². The van der Waals surface area contributed by atoms with E-state index in [0.717, 1.165) is 6.07 Å². The van der Waals surface area contributed by atoms with Crippen molar-refractivity contribution in [1.29, 1.82) is 0 Å². The highest BCUT2D eigenvalue weighted by Gasteiger charge is 2.35. The summed E-state index contributed by atoms with van der Waals surface area (Å²) in [5.41, 5.74) is -1.25. The van der Waals surface area contributed by atoms with Crippen molar-refractivity contribution in [3.63, 3.8) is 0 Å². The average Bonchev–Trinajstić information content (AvgIpc) is 2.15. The van der Waals surface area contributed by atoms with E-state index in [1.54, 1.807) is 13.8 Å². The van der Waals surface area contributed by atoms with E-state index in [1.165, 1.54) is 6.20 Å². The molecule has 0 saturated carbocycles. The molecule has 0 aliphatic rings. The van der Waals surface area contributed by atoms with E-state index in [0.29, 0.717) is 6.20 Å². The van der Waals surface area contributed by atoms with E-state index < -0.39 is 17.5 Å². The molecule has 1 heterocycles. The highest BCUT2D eigenvalue weighted by atomic mass is 19.4. The molecule has 16 heavy (non-hydrogen) atoms. The van der Waals surface area contributed by atoms with Gasteiger partial charge < -0.3 is 0 Å². The highest BCUT2D eigenvalue weighted by Crippen LogP contribution is 2.32. The second kappa shape index (κ2) is 4.63. The first kappa shape index (κ1) is 12.7. The maximum atomic E-state index is 12.6. The van der Waals surface area contributed by atoms with Gasteiger partial charge >= 0.3 is 6.18 Å². The molecule has 0 N–H and O–H groups in total. The molecule has 2 nitrogen and oxygen atoms in total. The lowest BCUT2D eigenvalue weighted by atomic mass is 9.98. The third kappa shape index (κ3) is 3.05. The highest BCUT2D eigenvalue weighted by molar-refractivity contribution is 5.97. The number of pyridine rings is 1. The molecule has 0 aliphatic carbocycles. The summed E-state index contributed by atoms with van der Waals surface area (Å²) in [6.07, 6.45) is -2.54. The van der Waals surface area contributed by atoms with E-state index in [-0.39, 0.29) is 17.9 Å². The van der Waals surface area contributed by atoms with Gasteiger partial charge in [-0.05, 0) is 12.0 Å². The first-order valence-corrected chi connectivity index (χ1v) is 4.86. The van der Waals surface area contributed by atoms with Crippen LogP contribution < -0.4 is 0 Å². The van der Waals surface area contributed by atoms with Crippen LogP contribution in [0.25, 0.3) is 0 Å². The zero-order valence-corrected chi connectivity index (χ0v) is 9.01. The molecule has 0 bridgehead atoms. The Kier molecular flexibility index (Phi) is 3.67. The van der Waals surface area contributed by atoms with Crippen molar-refractivity contribution in [2.24, 2.45) is 5.92 Å². The van der Waals surface area contributed by atoms with Crippen molar-refractivity contribution in [2.75, 3.05) is 0 Å². The summed E-state index contributed by atoms with van der Waals surface area (Å²) in [6, 6.07) is 1.12. The number of rotatable bonds is 3. The molecule has 0 aliphatic heterocycles. The molecular weight excluding hydrogens is 219 g/mol. The van der Waals surface area contributed by atoms with Gasteiger partial charge in [0.2, 0.25) is 0 Å². The number of nitrogens with zero attached hydrogens (tertiary/aromatic N) is 1. The number of ketones is 1. The van der Waals surface area contributed by atoms with Gasteiger partial charge in [0.1, 0.15) is 0 Å². The molecule has 0 unspecified atom stereocenters. The van der Waals surface area contributed by atoms with Crippen LogP contribution in [0.5, 0.6) is 0 Å². The first-order chi connectivity index (χ1) is 7.32. The Hall–Kier alpha value is -1.39. The molecule has 1 rings (SSSR count). The Labute approximate surface area is 91.5 Å². The summed E-state index contributed by atoms with van der Waals surface area (Å²) in [5, 5.41) is 0. The molecule has 1 aromatic rings. The maximum absolute atomic E-state index is 12.6. The van der Waals surface area contributed by atoms with Gasteiger partial charge in [0.25, 0.3) is 0 Å². The quantitative estimate of drug-likeness (QED) is 0.747. The van der Waals surface area contributed by atoms with Gasteiger partial charge in [0, 0.05) is 24.4 Å². The Morgan fingerprint density at radius 3 is 2.56 bits per heavy atom. The van der Waals surface area contributed by atoms with Crippen LogP contribution in [-0.2, 0) is 6.18 Å². The summed E-state index contributed by atoms with van der Waals surface area (Å²) < 4.78 is 37.7. The molecule has 0 fully saturated rings. The van der Waals surface area contributed by atoms with Gasteiger partial charge in [0.15, 0.2) is 5.78 Å². The number of hydrogen-bond acceptors (Lipinski definition) is 2. The number of hydrogen-bond donors (Lipinski definition) is 0. The number of aromatic nitrogens is 1. The monoisotopic (exact) mass is 231 g/mol. The Bertz CT molecular complexity index is 385. The topological polar surface area (TPSA) is 30.0 Å². The lowest BCUT2D eigenvalue weighted by molar-refractivity contribution is -0.138. The van der Waals surface area contributed by atoms with Crippen LogP contribution in [0.1, 0.15) is 36.2 Å². The summed E-state index contributed by atoms with van der Waals surface area (Å²) >= 11 is 0. The normalized spacial score (nSPS) is 11.9. The third-order valence-electron chi connectivity index (χ3n) is 2.02. The van der Waals surface area contributed by atoms with Gasteiger partial charge in [-0.1, -0.05) is 13.8 Å². The molecule has 1 aromatic heterocycles. The molecule has 0 amide bonds. The molecule has 0 aromatic carbocycles. The molecule has 0 radical (unpaired) electrons. The number of carbonyl (C=O) groups excluding carboxylic acids is 1. The van der Waals surface area contributed by atoms with Gasteiger partial charge in [-0.15, -0.1) is 0 Å². The van der Waals surface area contributed by atoms with Crippen molar-refractivity contribution in [2.45, 2.75) is 26.4 Å². The lowest BCUT2D eigenvalue weighted by Gasteiger charge is -2.11. The number of alkyl halides is 3. The minimum Gasteiger partial charge on any atom is -0.294 e. The number of halogens is 3. The molecule has 88 valence electrons. The Morgan fingerprint density at radius 1 is 1.44 bits per heavy atom. The lowest BCUT2D eigenvalue weighted by Crippen LogP contribution is -2.14. The Morgan fingerprint density at radius 2 is 2.06 bits per heavy atom. The molecule has 0 atom stereocenters. The first-order valence-electron chi connectivity index (χ1n) is 4.86. The van der Waals surface area contributed by atoms with Crippen LogP contribution in [0.3, 0.4) is 0 Å². The standard InChI is InChI=1S/C11H12F3NO/c1-7(2)5-10(16)8-3-4-15-6-9(8)11(12,13)14/h3-4,6-7H,5H2,1-2H3. The summed E-state index contributed by atoms with van der Waals surface area (Å²) in [4.78, 5) is 15.0. The Balaban J connectivity index is 3.09. The van der Waals surface area contributed by atoms with Gasteiger partial charge in [-0.25, -0.2) is 0 Å².